The van der Waals surface area contributed by atoms with Crippen molar-refractivity contribution in [3.05, 3.63) is 71.2 Å². The van der Waals surface area contributed by atoms with Gasteiger partial charge in [-0.25, -0.2) is 9.78 Å². The van der Waals surface area contributed by atoms with Crippen LogP contribution in [0.15, 0.2) is 48.4 Å². The molecule has 2 aromatic heterocycles. The number of nitrogens with one attached hydrogen (secondary N) is 1. The number of aromatic nitrogens is 6. The Morgan fingerprint density at radius 2 is 1.89 bits per heavy atom. The average molecular weight is 479 g/mol. The number of hydrogen-bond acceptors (Lipinski definition) is 7. The molecular formula is C26H30N6O3. The number of benzene rings is 2. The van der Waals surface area contributed by atoms with Crippen molar-refractivity contribution in [2.45, 2.75) is 52.7 Å². The number of ether oxygens (including phenoxy) is 1. The fourth-order valence-corrected chi connectivity index (χ4v) is 3.80. The molecule has 0 radical (unpaired) electrons. The number of nitrogens with zero attached hydrogens (tertiary/aromatic N) is 5. The minimum Gasteiger partial charge on any atom is -0.461 e. The Balaban J connectivity index is 1.92. The first kappa shape index (κ1) is 19.5. The number of hydrogen-bond donors (Lipinski definition) is 2. The molecule has 0 amide bonds. The van der Waals surface area contributed by atoms with Crippen molar-refractivity contribution in [3.8, 4) is 22.5 Å². The molecule has 35 heavy (non-hydrogen) atoms. The molecule has 0 bridgehead atoms. The van der Waals surface area contributed by atoms with Gasteiger partial charge in [-0.1, -0.05) is 55.4 Å². The summed E-state index contributed by atoms with van der Waals surface area (Å²) in [6, 6.07) is 5.86. The number of esters is 1. The van der Waals surface area contributed by atoms with Crippen LogP contribution in [0.5, 0.6) is 0 Å². The highest BCUT2D eigenvalue weighted by atomic mass is 16.5. The minimum absolute atomic E-state index is 0.0242. The van der Waals surface area contributed by atoms with Crippen LogP contribution in [0, 0.1) is 0 Å². The Kier molecular flexibility index (Phi) is 5.66. The number of rotatable bonds is 9. The molecule has 9 heteroatoms. The number of tetrazole rings is 1. The molecule has 0 aliphatic rings. The van der Waals surface area contributed by atoms with Crippen molar-refractivity contribution in [1.29, 1.82) is 0 Å². The van der Waals surface area contributed by atoms with Crippen LogP contribution in [0.25, 0.3) is 22.5 Å². The second-order valence-corrected chi connectivity index (χ2v) is 8.48. The van der Waals surface area contributed by atoms with Crippen molar-refractivity contribution in [2.75, 3.05) is 6.61 Å². The van der Waals surface area contributed by atoms with Gasteiger partial charge >= 0.3 is 5.97 Å². The van der Waals surface area contributed by atoms with Crippen LogP contribution < -0.4 is 0 Å². The quantitative estimate of drug-likeness (QED) is 0.347. The van der Waals surface area contributed by atoms with E-state index in [0.717, 1.165) is 0 Å². The summed E-state index contributed by atoms with van der Waals surface area (Å²) in [7, 11) is 0. The highest BCUT2D eigenvalue weighted by Gasteiger charge is 2.32. The summed E-state index contributed by atoms with van der Waals surface area (Å²) in [6.45, 7) is 6.58. The Labute approximate surface area is 209 Å². The molecular weight excluding hydrogens is 444 g/mol. The Morgan fingerprint density at radius 1 is 1.17 bits per heavy atom. The zero-order valence-corrected chi connectivity index (χ0v) is 20.1. The van der Waals surface area contributed by atoms with E-state index >= 15 is 0 Å². The highest BCUT2D eigenvalue weighted by molar-refractivity contribution is 5.89. The van der Waals surface area contributed by atoms with E-state index in [2.05, 4.69) is 25.6 Å². The molecule has 2 aromatic carbocycles. The predicted molar refractivity (Wildman–Crippen MR) is 132 cm³/mol. The van der Waals surface area contributed by atoms with Crippen molar-refractivity contribution >= 4 is 5.97 Å². The lowest BCUT2D eigenvalue weighted by molar-refractivity contribution is 0.0469. The summed E-state index contributed by atoms with van der Waals surface area (Å²) < 4.78 is 42.1. The van der Waals surface area contributed by atoms with Gasteiger partial charge < -0.3 is 14.4 Å². The number of aryl methyl sites for hydroxylation is 1. The zero-order chi connectivity index (χ0) is 28.5. The van der Waals surface area contributed by atoms with E-state index in [9.17, 15) is 9.90 Å². The second kappa shape index (κ2) is 10.2. The summed E-state index contributed by atoms with van der Waals surface area (Å²) in [5.74, 6) is 0.0406. The molecule has 0 unspecified atom stereocenters. The number of imidazole rings is 1. The van der Waals surface area contributed by atoms with Crippen molar-refractivity contribution in [2.24, 2.45) is 0 Å². The van der Waals surface area contributed by atoms with E-state index in [1.807, 2.05) is 6.92 Å². The van der Waals surface area contributed by atoms with E-state index in [1.165, 1.54) is 18.4 Å². The van der Waals surface area contributed by atoms with Gasteiger partial charge in [0, 0.05) is 18.5 Å². The van der Waals surface area contributed by atoms with E-state index in [-0.39, 0.29) is 65.7 Å². The first-order valence-electron chi connectivity index (χ1n) is 13.4. The maximum Gasteiger partial charge on any atom is 0.357 e. The Bertz CT molecular complexity index is 1480. The third-order valence-corrected chi connectivity index (χ3v) is 5.34. The normalized spacial score (nSPS) is 13.2. The lowest BCUT2D eigenvalue weighted by atomic mass is 9.98. The summed E-state index contributed by atoms with van der Waals surface area (Å²) in [5, 5.41) is 24.8. The Morgan fingerprint density at radius 3 is 2.49 bits per heavy atom. The number of H-pyrrole nitrogens is 1. The van der Waals surface area contributed by atoms with Gasteiger partial charge in [-0.2, -0.15) is 5.21 Å². The summed E-state index contributed by atoms with van der Waals surface area (Å²) in [4.78, 5) is 17.6. The van der Waals surface area contributed by atoms with Gasteiger partial charge in [-0.3, -0.25) is 0 Å². The monoisotopic (exact) mass is 478 g/mol. The van der Waals surface area contributed by atoms with Crippen LogP contribution >= 0.6 is 0 Å². The largest absolute Gasteiger partial charge is 0.461 e. The molecule has 4 rings (SSSR count). The van der Waals surface area contributed by atoms with Gasteiger partial charge in [0.15, 0.2) is 5.69 Å². The fraction of sp³-hybridized carbons (Fsp3) is 0.346. The molecule has 2 heterocycles. The summed E-state index contributed by atoms with van der Waals surface area (Å²) in [5.41, 5.74) is -0.216. The van der Waals surface area contributed by atoms with E-state index in [0.29, 0.717) is 29.8 Å². The number of carbonyl (C=O) groups is 1. The van der Waals surface area contributed by atoms with Crippen LogP contribution in [0.1, 0.15) is 67.2 Å². The molecule has 4 aromatic rings. The highest BCUT2D eigenvalue weighted by Crippen LogP contribution is 2.31. The van der Waals surface area contributed by atoms with Crippen LogP contribution in [-0.4, -0.2) is 47.9 Å². The van der Waals surface area contributed by atoms with Gasteiger partial charge in [0.25, 0.3) is 0 Å². The molecule has 0 aliphatic heterocycles. The van der Waals surface area contributed by atoms with Crippen LogP contribution in [-0.2, 0) is 23.3 Å². The smallest absolute Gasteiger partial charge is 0.357 e. The molecule has 182 valence electrons. The van der Waals surface area contributed by atoms with Gasteiger partial charge in [0.05, 0.1) is 12.1 Å². The van der Waals surface area contributed by atoms with Gasteiger partial charge in [0.2, 0.25) is 5.82 Å². The van der Waals surface area contributed by atoms with E-state index in [1.54, 1.807) is 31.2 Å². The molecule has 0 saturated carbocycles. The van der Waals surface area contributed by atoms with E-state index < -0.39 is 11.6 Å². The lowest BCUT2D eigenvalue weighted by Crippen LogP contribution is -2.23. The fourth-order valence-electron chi connectivity index (χ4n) is 3.80. The number of aromatic amines is 1. The van der Waals surface area contributed by atoms with Gasteiger partial charge in [-0.05, 0) is 49.1 Å². The maximum absolute atomic E-state index is 13.1. The zero-order valence-electron chi connectivity index (χ0n) is 24.1. The lowest BCUT2D eigenvalue weighted by Gasteiger charge is -2.17. The average Bonchev–Trinajstić information content (AvgIpc) is 3.55. The molecule has 0 saturated heterocycles. The van der Waals surface area contributed by atoms with Gasteiger partial charge in [0.1, 0.15) is 17.1 Å². The molecule has 0 fully saturated rings. The summed E-state index contributed by atoms with van der Waals surface area (Å²) >= 11 is 0. The maximum atomic E-state index is 13.1. The van der Waals surface area contributed by atoms with E-state index in [4.69, 9.17) is 10.2 Å². The first-order valence-corrected chi connectivity index (χ1v) is 11.4. The Hall–Kier alpha value is -3.85. The summed E-state index contributed by atoms with van der Waals surface area (Å²) in [6.07, 6.45) is 1.14. The molecule has 0 aliphatic carbocycles. The predicted octanol–water partition coefficient (Wildman–Crippen LogP) is 4.14. The minimum atomic E-state index is -1.46. The standard InChI is InChI=1S/C26H30N6O3/c1-5-9-21-27-23(26(3,4)34)22(25(33)35-6-2)32(21)16-17-12-14-18(15-13-17)19-10-7-8-11-20(19)24-28-30-31-29-24/h7-8,10-15,34H,5-6,9,16H2,1-4H3,(H,28,29,30,31)/i12D,13D,14D,15D. The van der Waals surface area contributed by atoms with Crippen molar-refractivity contribution in [1.82, 2.24) is 30.2 Å². The van der Waals surface area contributed by atoms with Crippen LogP contribution in [0.2, 0.25) is 0 Å². The number of aliphatic hydroxyl groups is 1. The van der Waals surface area contributed by atoms with Crippen molar-refractivity contribution in [3.63, 3.8) is 0 Å². The first-order chi connectivity index (χ1) is 18.5. The third kappa shape index (κ3) is 5.14. The molecule has 9 nitrogen and oxygen atoms in total. The van der Waals surface area contributed by atoms with Crippen LogP contribution in [0.3, 0.4) is 0 Å². The van der Waals surface area contributed by atoms with Crippen LogP contribution in [0.4, 0.5) is 0 Å². The van der Waals surface area contributed by atoms with Crippen molar-refractivity contribution < 1.29 is 20.1 Å². The SMILES string of the molecule is [2H]c1c([2H])c(-c2ccccc2-c2nn[nH]n2)c([2H])c([2H])c1Cn1c(CCC)nc(C(C)(C)O)c1C(=O)OCC. The topological polar surface area (TPSA) is 119 Å². The number of carbonyl (C=O) groups excluding carboxylic acids is 1. The molecule has 2 N–H and O–H groups in total. The molecule has 0 atom stereocenters. The second-order valence-electron chi connectivity index (χ2n) is 8.48. The third-order valence-electron chi connectivity index (χ3n) is 5.34. The molecule has 0 spiro atoms. The van der Waals surface area contributed by atoms with Gasteiger partial charge in [-0.15, -0.1) is 10.2 Å².